The van der Waals surface area contributed by atoms with Gasteiger partial charge in [-0.1, -0.05) is 0 Å². The highest BCUT2D eigenvalue weighted by Gasteiger charge is 2.03. The van der Waals surface area contributed by atoms with E-state index in [1.54, 1.807) is 0 Å². The van der Waals surface area contributed by atoms with Crippen molar-refractivity contribution in [1.29, 1.82) is 0 Å². The topological polar surface area (TPSA) is 55.9 Å². The molecular weight excluding hydrogens is 176 g/mol. The molecule has 1 aromatic heterocycles. The summed E-state index contributed by atoms with van der Waals surface area (Å²) in [6.07, 6.45) is 2.97. The third-order valence-electron chi connectivity index (χ3n) is 2.38. The summed E-state index contributed by atoms with van der Waals surface area (Å²) in [5, 5.41) is 7.63. The van der Waals surface area contributed by atoms with Crippen LogP contribution in [0.15, 0.2) is 6.20 Å². The largest absolute Gasteiger partial charge is 0.330 e. The lowest BCUT2D eigenvalue weighted by molar-refractivity contribution is 0.629. The van der Waals surface area contributed by atoms with Gasteiger partial charge in [0.25, 0.3) is 0 Å². The average Bonchev–Trinajstić information content (AvgIpc) is 2.55. The minimum atomic E-state index is 0.750. The van der Waals surface area contributed by atoms with Crippen molar-refractivity contribution in [2.45, 2.75) is 33.4 Å². The molecule has 1 aromatic rings. The van der Waals surface area contributed by atoms with Crippen LogP contribution in [0.1, 0.15) is 24.6 Å². The van der Waals surface area contributed by atoms with E-state index in [2.05, 4.69) is 24.3 Å². The van der Waals surface area contributed by atoms with E-state index in [-0.39, 0.29) is 0 Å². The van der Waals surface area contributed by atoms with Crippen LogP contribution >= 0.6 is 0 Å². The monoisotopic (exact) mass is 196 g/mol. The molecule has 1 heterocycles. The Morgan fingerprint density at radius 2 is 2.36 bits per heavy atom. The molecule has 0 spiro atoms. The maximum atomic E-state index is 5.41. The Bertz CT molecular complexity index is 267. The van der Waals surface area contributed by atoms with Crippen LogP contribution in [0.4, 0.5) is 0 Å². The van der Waals surface area contributed by atoms with Gasteiger partial charge in [-0.25, -0.2) is 0 Å². The Kier molecular flexibility index (Phi) is 4.62. The summed E-state index contributed by atoms with van der Waals surface area (Å²) in [4.78, 5) is 0. The quantitative estimate of drug-likeness (QED) is 0.657. The van der Waals surface area contributed by atoms with E-state index in [0.29, 0.717) is 0 Å². The van der Waals surface area contributed by atoms with Crippen molar-refractivity contribution in [2.24, 2.45) is 5.73 Å². The van der Waals surface area contributed by atoms with Crippen LogP contribution in [0.5, 0.6) is 0 Å². The molecule has 4 heteroatoms. The predicted molar refractivity (Wildman–Crippen MR) is 58.0 cm³/mol. The van der Waals surface area contributed by atoms with Gasteiger partial charge in [-0.05, 0) is 33.4 Å². The molecule has 3 N–H and O–H groups in total. The molecule has 0 amide bonds. The second-order valence-electron chi connectivity index (χ2n) is 3.39. The summed E-state index contributed by atoms with van der Waals surface area (Å²) in [6.45, 7) is 7.77. The predicted octanol–water partition coefficient (Wildman–Crippen LogP) is 0.650. The van der Waals surface area contributed by atoms with E-state index in [4.69, 9.17) is 5.73 Å². The summed E-state index contributed by atoms with van der Waals surface area (Å²) in [5.41, 5.74) is 7.95. The highest BCUT2D eigenvalue weighted by molar-refractivity contribution is 5.15. The number of nitrogens with two attached hydrogens (primary N) is 1. The molecule has 0 bridgehead atoms. The van der Waals surface area contributed by atoms with Gasteiger partial charge >= 0.3 is 0 Å². The van der Waals surface area contributed by atoms with Crippen LogP contribution < -0.4 is 11.1 Å². The number of hydrogen-bond donors (Lipinski definition) is 2. The first-order valence-corrected chi connectivity index (χ1v) is 5.21. The summed E-state index contributed by atoms with van der Waals surface area (Å²) >= 11 is 0. The summed E-state index contributed by atoms with van der Waals surface area (Å²) in [5.74, 6) is 0. The Balaban J connectivity index is 2.39. The van der Waals surface area contributed by atoms with E-state index < -0.39 is 0 Å². The molecule has 0 atom stereocenters. The number of hydrogen-bond acceptors (Lipinski definition) is 3. The van der Waals surface area contributed by atoms with Crippen LogP contribution in [0.2, 0.25) is 0 Å². The van der Waals surface area contributed by atoms with Crippen molar-refractivity contribution in [1.82, 2.24) is 15.1 Å². The molecular formula is C10H20N4. The zero-order valence-corrected chi connectivity index (χ0v) is 9.08. The van der Waals surface area contributed by atoms with E-state index in [9.17, 15) is 0 Å². The number of aryl methyl sites for hydroxylation is 1. The standard InChI is InChI=1S/C10H20N4/c1-3-14-9(2)10(8-13-14)7-12-6-4-5-11/h8,12H,3-7,11H2,1-2H3. The summed E-state index contributed by atoms with van der Waals surface area (Å²) < 4.78 is 2.01. The molecule has 14 heavy (non-hydrogen) atoms. The molecule has 0 aliphatic carbocycles. The molecule has 0 aliphatic heterocycles. The molecule has 80 valence electrons. The number of rotatable bonds is 6. The van der Waals surface area contributed by atoms with Gasteiger partial charge in [-0.15, -0.1) is 0 Å². The van der Waals surface area contributed by atoms with Crippen molar-refractivity contribution >= 4 is 0 Å². The van der Waals surface area contributed by atoms with Gasteiger partial charge in [0.2, 0.25) is 0 Å². The molecule has 0 unspecified atom stereocenters. The van der Waals surface area contributed by atoms with E-state index >= 15 is 0 Å². The molecule has 0 saturated carbocycles. The maximum absolute atomic E-state index is 5.41. The second kappa shape index (κ2) is 5.78. The van der Waals surface area contributed by atoms with Crippen LogP contribution in [0, 0.1) is 6.92 Å². The first-order chi connectivity index (χ1) is 6.79. The van der Waals surface area contributed by atoms with Gasteiger partial charge in [-0.2, -0.15) is 5.10 Å². The van der Waals surface area contributed by atoms with E-state index in [1.807, 2.05) is 10.9 Å². The van der Waals surface area contributed by atoms with Crippen LogP contribution in [-0.2, 0) is 13.1 Å². The lowest BCUT2D eigenvalue weighted by Crippen LogP contribution is -2.18. The third kappa shape index (κ3) is 2.82. The third-order valence-corrected chi connectivity index (χ3v) is 2.38. The average molecular weight is 196 g/mol. The first kappa shape index (κ1) is 11.2. The van der Waals surface area contributed by atoms with Crippen molar-refractivity contribution in [2.75, 3.05) is 13.1 Å². The summed E-state index contributed by atoms with van der Waals surface area (Å²) in [7, 11) is 0. The highest BCUT2D eigenvalue weighted by atomic mass is 15.3. The van der Waals surface area contributed by atoms with E-state index in [0.717, 1.165) is 32.6 Å². The van der Waals surface area contributed by atoms with Gasteiger partial charge in [0.05, 0.1) is 6.20 Å². The summed E-state index contributed by atoms with van der Waals surface area (Å²) in [6, 6.07) is 0. The zero-order valence-electron chi connectivity index (χ0n) is 9.08. The lowest BCUT2D eigenvalue weighted by Gasteiger charge is -2.04. The van der Waals surface area contributed by atoms with E-state index in [1.165, 1.54) is 11.3 Å². The SMILES string of the molecule is CCn1ncc(CNCCCN)c1C. The van der Waals surface area contributed by atoms with Gasteiger partial charge in [0.15, 0.2) is 0 Å². The van der Waals surface area contributed by atoms with Crippen LogP contribution in [0.3, 0.4) is 0 Å². The number of nitrogens with one attached hydrogen (secondary N) is 1. The van der Waals surface area contributed by atoms with Crippen LogP contribution in [-0.4, -0.2) is 22.9 Å². The normalized spacial score (nSPS) is 10.8. The zero-order chi connectivity index (χ0) is 10.4. The Labute approximate surface area is 85.5 Å². The fourth-order valence-electron chi connectivity index (χ4n) is 1.43. The highest BCUT2D eigenvalue weighted by Crippen LogP contribution is 2.06. The Morgan fingerprint density at radius 3 is 2.93 bits per heavy atom. The molecule has 0 fully saturated rings. The lowest BCUT2D eigenvalue weighted by atomic mass is 10.2. The minimum Gasteiger partial charge on any atom is -0.330 e. The molecule has 0 saturated heterocycles. The minimum absolute atomic E-state index is 0.750. The van der Waals surface area contributed by atoms with Gasteiger partial charge < -0.3 is 11.1 Å². The number of aromatic nitrogens is 2. The Morgan fingerprint density at radius 1 is 1.57 bits per heavy atom. The smallest absolute Gasteiger partial charge is 0.0537 e. The molecule has 0 radical (unpaired) electrons. The fourth-order valence-corrected chi connectivity index (χ4v) is 1.43. The number of nitrogens with zero attached hydrogens (tertiary/aromatic N) is 2. The first-order valence-electron chi connectivity index (χ1n) is 5.21. The fraction of sp³-hybridized carbons (Fsp3) is 0.700. The van der Waals surface area contributed by atoms with Gasteiger partial charge in [-0.3, -0.25) is 4.68 Å². The van der Waals surface area contributed by atoms with Crippen molar-refractivity contribution in [3.8, 4) is 0 Å². The molecule has 0 aromatic carbocycles. The molecule has 0 aliphatic rings. The molecule has 4 nitrogen and oxygen atoms in total. The van der Waals surface area contributed by atoms with Gasteiger partial charge in [0.1, 0.15) is 0 Å². The van der Waals surface area contributed by atoms with Crippen LogP contribution in [0.25, 0.3) is 0 Å². The van der Waals surface area contributed by atoms with Crippen molar-refractivity contribution in [3.05, 3.63) is 17.5 Å². The van der Waals surface area contributed by atoms with Crippen molar-refractivity contribution in [3.63, 3.8) is 0 Å². The maximum Gasteiger partial charge on any atom is 0.0537 e. The molecule has 1 rings (SSSR count). The van der Waals surface area contributed by atoms with Crippen molar-refractivity contribution < 1.29 is 0 Å². The Hall–Kier alpha value is -0.870. The second-order valence-corrected chi connectivity index (χ2v) is 3.39. The van der Waals surface area contributed by atoms with Gasteiger partial charge in [0, 0.05) is 24.3 Å².